The summed E-state index contributed by atoms with van der Waals surface area (Å²) in [5.74, 6) is 2.66. The van der Waals surface area contributed by atoms with Crippen LogP contribution in [0.25, 0.3) is 0 Å². The lowest BCUT2D eigenvalue weighted by atomic mass is 10.2. The molecule has 0 aromatic heterocycles. The third-order valence-electron chi connectivity index (χ3n) is 1.57. The smallest absolute Gasteiger partial charge is 0.350 e. The molecule has 0 saturated heterocycles. The monoisotopic (exact) mass is 226 g/mol. The Morgan fingerprint density at radius 2 is 1.73 bits per heavy atom. The first-order valence-corrected chi connectivity index (χ1v) is 5.62. The number of rotatable bonds is 3. The number of hydrogen-bond acceptors (Lipinski definition) is 4. The standard InChI is InChI=1S/C10H11O4P/c1-12-15(11,13-2)14-9-8-10-6-4-3-5-7-10/h3-7H,1-2H3. The summed E-state index contributed by atoms with van der Waals surface area (Å²) in [6.45, 7) is 0. The van der Waals surface area contributed by atoms with Gasteiger partial charge in [0.2, 0.25) is 0 Å². The first kappa shape index (κ1) is 11.8. The minimum absolute atomic E-state index is 0.760. The van der Waals surface area contributed by atoms with E-state index in [1.807, 2.05) is 18.2 Å². The van der Waals surface area contributed by atoms with E-state index in [1.165, 1.54) is 14.2 Å². The van der Waals surface area contributed by atoms with Crippen molar-refractivity contribution in [2.24, 2.45) is 0 Å². The van der Waals surface area contributed by atoms with E-state index in [4.69, 9.17) is 0 Å². The van der Waals surface area contributed by atoms with Crippen molar-refractivity contribution in [3.05, 3.63) is 35.9 Å². The molecule has 0 saturated carbocycles. The molecule has 0 aliphatic rings. The van der Waals surface area contributed by atoms with Gasteiger partial charge in [0.05, 0.1) is 0 Å². The zero-order valence-corrected chi connectivity index (χ0v) is 9.36. The highest BCUT2D eigenvalue weighted by molar-refractivity contribution is 7.48. The van der Waals surface area contributed by atoms with E-state index < -0.39 is 7.82 Å². The van der Waals surface area contributed by atoms with Crippen molar-refractivity contribution in [2.45, 2.75) is 0 Å². The Labute approximate surface area is 88.8 Å². The van der Waals surface area contributed by atoms with Crippen molar-refractivity contribution in [1.82, 2.24) is 0 Å². The summed E-state index contributed by atoms with van der Waals surface area (Å²) < 4.78 is 25.1. The molecule has 0 spiro atoms. The van der Waals surface area contributed by atoms with E-state index in [2.05, 4.69) is 25.6 Å². The van der Waals surface area contributed by atoms with E-state index in [0.717, 1.165) is 5.56 Å². The minimum Gasteiger partial charge on any atom is -0.350 e. The quantitative estimate of drug-likeness (QED) is 0.586. The second kappa shape index (κ2) is 5.57. The highest BCUT2D eigenvalue weighted by Gasteiger charge is 2.22. The fourth-order valence-electron chi connectivity index (χ4n) is 0.808. The molecule has 0 amide bonds. The summed E-state index contributed by atoms with van der Waals surface area (Å²) in [7, 11) is -1.03. The second-order valence-corrected chi connectivity index (χ2v) is 4.30. The molecule has 4 nitrogen and oxygen atoms in total. The van der Waals surface area contributed by atoms with E-state index in [0.29, 0.717) is 0 Å². The van der Waals surface area contributed by atoms with Gasteiger partial charge in [0, 0.05) is 19.8 Å². The summed E-state index contributed by atoms with van der Waals surface area (Å²) in [6.07, 6.45) is 2.28. The first-order chi connectivity index (χ1) is 7.20. The molecule has 0 atom stereocenters. The molecule has 0 fully saturated rings. The van der Waals surface area contributed by atoms with Gasteiger partial charge in [-0.25, -0.2) is 4.57 Å². The molecule has 0 aliphatic carbocycles. The summed E-state index contributed by atoms with van der Waals surface area (Å²) >= 11 is 0. The molecule has 0 radical (unpaired) electrons. The Kier molecular flexibility index (Phi) is 4.38. The van der Waals surface area contributed by atoms with Crippen molar-refractivity contribution < 1.29 is 18.1 Å². The molecular weight excluding hydrogens is 215 g/mol. The third-order valence-corrected chi connectivity index (χ3v) is 2.78. The normalized spacial score (nSPS) is 10.3. The van der Waals surface area contributed by atoms with Gasteiger partial charge in [-0.3, -0.25) is 9.05 Å². The lowest BCUT2D eigenvalue weighted by molar-refractivity contribution is 0.201. The Morgan fingerprint density at radius 1 is 1.13 bits per heavy atom. The number of hydrogen-bond donors (Lipinski definition) is 0. The van der Waals surface area contributed by atoms with E-state index in [1.54, 1.807) is 12.1 Å². The van der Waals surface area contributed by atoms with Crippen LogP contribution in [0.15, 0.2) is 30.3 Å². The van der Waals surface area contributed by atoms with Gasteiger partial charge in [-0.05, 0) is 18.1 Å². The van der Waals surface area contributed by atoms with Gasteiger partial charge in [0.25, 0.3) is 0 Å². The lowest BCUT2D eigenvalue weighted by Gasteiger charge is -2.07. The topological polar surface area (TPSA) is 44.8 Å². The average Bonchev–Trinajstić information content (AvgIpc) is 2.30. The van der Waals surface area contributed by atoms with Crippen molar-refractivity contribution >= 4 is 7.82 Å². The second-order valence-electron chi connectivity index (χ2n) is 2.50. The molecule has 1 rings (SSSR count). The molecule has 5 heteroatoms. The fraction of sp³-hybridized carbons (Fsp3) is 0.200. The predicted octanol–water partition coefficient (Wildman–Crippen LogP) is 2.41. The number of phosphoric acid groups is 1. The Hall–Kier alpha value is -1.27. The van der Waals surface area contributed by atoms with Crippen LogP contribution in [0.3, 0.4) is 0 Å². The van der Waals surface area contributed by atoms with E-state index in [-0.39, 0.29) is 0 Å². The predicted molar refractivity (Wildman–Crippen MR) is 56.0 cm³/mol. The zero-order valence-electron chi connectivity index (χ0n) is 8.47. The third kappa shape index (κ3) is 3.77. The Morgan fingerprint density at radius 3 is 2.27 bits per heavy atom. The zero-order chi connectivity index (χ0) is 11.1. The van der Waals surface area contributed by atoms with Crippen LogP contribution in [-0.2, 0) is 18.1 Å². The summed E-state index contributed by atoms with van der Waals surface area (Å²) in [6, 6.07) is 9.18. The highest BCUT2D eigenvalue weighted by Crippen LogP contribution is 2.46. The molecule has 0 unspecified atom stereocenters. The summed E-state index contributed by atoms with van der Waals surface area (Å²) in [5.41, 5.74) is 0.760. The van der Waals surface area contributed by atoms with Crippen LogP contribution in [0, 0.1) is 12.0 Å². The summed E-state index contributed by atoms with van der Waals surface area (Å²) in [5, 5.41) is 0. The SMILES string of the molecule is COP(=O)(OC)OC#Cc1ccccc1. The van der Waals surface area contributed by atoms with Crippen molar-refractivity contribution in [3.63, 3.8) is 0 Å². The highest BCUT2D eigenvalue weighted by atomic mass is 31.2. The molecular formula is C10H11O4P. The minimum atomic E-state index is -3.49. The average molecular weight is 226 g/mol. The molecule has 1 aromatic rings. The van der Waals surface area contributed by atoms with Crippen LogP contribution in [0.4, 0.5) is 0 Å². The summed E-state index contributed by atoms with van der Waals surface area (Å²) in [4.78, 5) is 0. The van der Waals surface area contributed by atoms with Crippen LogP contribution in [-0.4, -0.2) is 14.2 Å². The van der Waals surface area contributed by atoms with Gasteiger partial charge >= 0.3 is 7.82 Å². The lowest BCUT2D eigenvalue weighted by Crippen LogP contribution is -1.89. The molecule has 1 aromatic carbocycles. The number of benzene rings is 1. The molecule has 0 N–H and O–H groups in total. The van der Waals surface area contributed by atoms with Crippen LogP contribution < -0.4 is 0 Å². The Balaban J connectivity index is 2.65. The van der Waals surface area contributed by atoms with Gasteiger partial charge in [-0.15, -0.1) is 0 Å². The van der Waals surface area contributed by atoms with E-state index >= 15 is 0 Å². The maximum absolute atomic E-state index is 11.4. The Bertz CT molecular complexity index is 396. The van der Waals surface area contributed by atoms with Crippen molar-refractivity contribution in [3.8, 4) is 12.0 Å². The maximum Gasteiger partial charge on any atom is 0.538 e. The molecule has 15 heavy (non-hydrogen) atoms. The van der Waals surface area contributed by atoms with Gasteiger partial charge < -0.3 is 4.52 Å². The molecule has 0 aliphatic heterocycles. The fourth-order valence-corrected chi connectivity index (χ4v) is 1.26. The van der Waals surface area contributed by atoms with Gasteiger partial charge in [0.15, 0.2) is 0 Å². The van der Waals surface area contributed by atoms with Crippen LogP contribution in [0.5, 0.6) is 0 Å². The molecule has 80 valence electrons. The maximum atomic E-state index is 11.4. The molecule has 0 heterocycles. The molecule has 0 bridgehead atoms. The van der Waals surface area contributed by atoms with Crippen molar-refractivity contribution in [1.29, 1.82) is 0 Å². The largest absolute Gasteiger partial charge is 0.538 e. The number of phosphoric ester groups is 1. The van der Waals surface area contributed by atoms with Crippen LogP contribution in [0.1, 0.15) is 5.56 Å². The van der Waals surface area contributed by atoms with Crippen LogP contribution >= 0.6 is 7.82 Å². The van der Waals surface area contributed by atoms with Crippen molar-refractivity contribution in [2.75, 3.05) is 14.2 Å². The first-order valence-electron chi connectivity index (χ1n) is 4.16. The van der Waals surface area contributed by atoms with Gasteiger partial charge in [0.1, 0.15) is 6.11 Å². The van der Waals surface area contributed by atoms with Crippen LogP contribution in [0.2, 0.25) is 0 Å². The van der Waals surface area contributed by atoms with E-state index in [9.17, 15) is 4.57 Å². The van der Waals surface area contributed by atoms with Gasteiger partial charge in [-0.1, -0.05) is 18.2 Å². The van der Waals surface area contributed by atoms with Gasteiger partial charge in [-0.2, -0.15) is 0 Å².